The Morgan fingerprint density at radius 1 is 0.607 bits per heavy atom. The van der Waals surface area contributed by atoms with Gasteiger partial charge in [0.25, 0.3) is 0 Å². The highest BCUT2D eigenvalue weighted by molar-refractivity contribution is 9.09. The van der Waals surface area contributed by atoms with Crippen LogP contribution in [-0.4, -0.2) is 61.1 Å². The van der Waals surface area contributed by atoms with Crippen molar-refractivity contribution in [1.29, 1.82) is 0 Å². The first-order valence-corrected chi connectivity index (χ1v) is 17.4. The average molecular weight is 569 g/mol. The summed E-state index contributed by atoms with van der Waals surface area (Å²) in [5.41, 5.74) is 0. The van der Waals surface area contributed by atoms with Crippen molar-refractivity contribution in [3.05, 3.63) is 0 Å². The van der Waals surface area contributed by atoms with Gasteiger partial charge >= 0.3 is 17.4 Å². The van der Waals surface area contributed by atoms with E-state index in [1.165, 1.54) is 0 Å². The van der Waals surface area contributed by atoms with Crippen LogP contribution in [0.15, 0.2) is 0 Å². The number of hydrogen-bond acceptors (Lipinski definition) is 5. The molecule has 0 saturated carbocycles. The van der Waals surface area contributed by atoms with E-state index >= 15 is 0 Å². The van der Waals surface area contributed by atoms with Crippen molar-refractivity contribution in [2.75, 3.05) is 43.7 Å². The zero-order valence-corrected chi connectivity index (χ0v) is 24.2. The largest absolute Gasteiger partial charge is 0.500 e. The zero-order valence-electron chi connectivity index (χ0n) is 19.0. The van der Waals surface area contributed by atoms with Gasteiger partial charge in [-0.1, -0.05) is 45.7 Å². The van der Waals surface area contributed by atoms with E-state index in [2.05, 4.69) is 52.3 Å². The molecule has 0 N–H and O–H groups in total. The summed E-state index contributed by atoms with van der Waals surface area (Å²) in [5.74, 6) is 0. The zero-order chi connectivity index (χ0) is 21.7. The second-order valence-corrected chi connectivity index (χ2v) is 14.1. The lowest BCUT2D eigenvalue weighted by Gasteiger charge is -2.28. The van der Waals surface area contributed by atoms with Gasteiger partial charge in [0.2, 0.25) is 0 Å². The SMILES string of the molecule is CCCO[Si](C)(CCCBr)OCCC.CCO[Si](CCCBr)(OCC)OCC. The highest BCUT2D eigenvalue weighted by atomic mass is 79.9. The normalized spacial score (nSPS) is 12.0. The minimum Gasteiger partial charge on any atom is -0.394 e. The molecule has 0 saturated heterocycles. The summed E-state index contributed by atoms with van der Waals surface area (Å²) >= 11 is 6.86. The van der Waals surface area contributed by atoms with Crippen LogP contribution in [0, 0.1) is 0 Å². The monoisotopic (exact) mass is 566 g/mol. The van der Waals surface area contributed by atoms with Gasteiger partial charge in [-0.05, 0) is 59.0 Å². The molecule has 28 heavy (non-hydrogen) atoms. The van der Waals surface area contributed by atoms with Crippen molar-refractivity contribution in [2.45, 2.75) is 78.9 Å². The Labute approximate surface area is 193 Å². The molecule has 9 heteroatoms. The van der Waals surface area contributed by atoms with Gasteiger partial charge in [0.05, 0.1) is 0 Å². The van der Waals surface area contributed by atoms with Crippen LogP contribution in [0.3, 0.4) is 0 Å². The van der Waals surface area contributed by atoms with Gasteiger partial charge < -0.3 is 22.1 Å². The molecule has 0 aliphatic carbocycles. The van der Waals surface area contributed by atoms with Gasteiger partial charge in [0, 0.05) is 49.7 Å². The molecule has 0 fully saturated rings. The summed E-state index contributed by atoms with van der Waals surface area (Å²) in [6.07, 6.45) is 4.33. The van der Waals surface area contributed by atoms with Gasteiger partial charge in [-0.2, -0.15) is 0 Å². The number of halogens is 2. The lowest BCUT2D eigenvalue weighted by Crippen LogP contribution is -2.45. The summed E-state index contributed by atoms with van der Waals surface area (Å²) in [6.45, 7) is 16.1. The van der Waals surface area contributed by atoms with Crippen LogP contribution >= 0.6 is 31.9 Å². The Balaban J connectivity index is 0. The molecule has 0 spiro atoms. The second-order valence-electron chi connectivity index (χ2n) is 6.40. The smallest absolute Gasteiger partial charge is 0.394 e. The molecule has 0 bridgehead atoms. The Hall–Kier alpha value is 1.19. The summed E-state index contributed by atoms with van der Waals surface area (Å²) in [6, 6.07) is 1.99. The molecule has 0 aromatic carbocycles. The summed E-state index contributed by atoms with van der Waals surface area (Å²) < 4.78 is 28.8. The number of alkyl halides is 2. The predicted octanol–water partition coefficient (Wildman–Crippen LogP) is 6.52. The molecule has 172 valence electrons. The van der Waals surface area contributed by atoms with E-state index < -0.39 is 17.4 Å². The summed E-state index contributed by atoms with van der Waals surface area (Å²) in [7, 11) is -4.19. The maximum atomic E-state index is 5.88. The van der Waals surface area contributed by atoms with Crippen LogP contribution in [0.4, 0.5) is 0 Å². The van der Waals surface area contributed by atoms with E-state index in [4.69, 9.17) is 22.1 Å². The van der Waals surface area contributed by atoms with Crippen molar-refractivity contribution < 1.29 is 22.1 Å². The van der Waals surface area contributed by atoms with Crippen molar-refractivity contribution in [2.24, 2.45) is 0 Å². The van der Waals surface area contributed by atoms with Crippen LogP contribution in [0.25, 0.3) is 0 Å². The van der Waals surface area contributed by atoms with Crippen molar-refractivity contribution in [1.82, 2.24) is 0 Å². The molecule has 0 unspecified atom stereocenters. The van der Waals surface area contributed by atoms with Crippen LogP contribution < -0.4 is 0 Å². The molecule has 0 aromatic heterocycles. The molecule has 0 radical (unpaired) electrons. The van der Waals surface area contributed by atoms with Crippen molar-refractivity contribution in [3.8, 4) is 0 Å². The molecule has 0 amide bonds. The standard InChI is InChI=1S/C10H23BrO2Si.C9H21BrO3Si/c1-4-8-12-14(3,10-6-7-11)13-9-5-2;1-4-11-14(12-5-2,13-6-3)9-7-8-10/h4-10H2,1-3H3;4-9H2,1-3H3. The van der Waals surface area contributed by atoms with E-state index in [0.29, 0.717) is 19.8 Å². The molecule has 5 nitrogen and oxygen atoms in total. The van der Waals surface area contributed by atoms with E-state index in [0.717, 1.165) is 61.6 Å². The van der Waals surface area contributed by atoms with E-state index in [-0.39, 0.29) is 0 Å². The fourth-order valence-electron chi connectivity index (χ4n) is 2.49. The third-order valence-electron chi connectivity index (χ3n) is 3.70. The molecule has 0 aliphatic heterocycles. The van der Waals surface area contributed by atoms with Gasteiger partial charge in [-0.15, -0.1) is 0 Å². The molecule has 0 aromatic rings. The number of hydrogen-bond donors (Lipinski definition) is 0. The second kappa shape index (κ2) is 21.4. The van der Waals surface area contributed by atoms with E-state index in [9.17, 15) is 0 Å². The van der Waals surface area contributed by atoms with E-state index in [1.807, 2.05) is 20.8 Å². The van der Waals surface area contributed by atoms with Crippen LogP contribution in [0.2, 0.25) is 18.6 Å². The van der Waals surface area contributed by atoms with Gasteiger partial charge in [0.1, 0.15) is 0 Å². The molecule has 0 rings (SSSR count). The molecular formula is C19H44Br2O5Si2. The first-order chi connectivity index (χ1) is 13.4. The fraction of sp³-hybridized carbons (Fsp3) is 1.00. The quantitative estimate of drug-likeness (QED) is 0.139. The lowest BCUT2D eigenvalue weighted by molar-refractivity contribution is 0.0712. The summed E-state index contributed by atoms with van der Waals surface area (Å²) in [5, 5.41) is 2.01. The topological polar surface area (TPSA) is 46.2 Å². The van der Waals surface area contributed by atoms with Crippen LogP contribution in [0.5, 0.6) is 0 Å². The first-order valence-electron chi connectivity index (χ1n) is 10.7. The third kappa shape index (κ3) is 16.9. The highest BCUT2D eigenvalue weighted by Gasteiger charge is 2.39. The van der Waals surface area contributed by atoms with Crippen LogP contribution in [0.1, 0.15) is 60.3 Å². The van der Waals surface area contributed by atoms with Crippen LogP contribution in [-0.2, 0) is 22.1 Å². The third-order valence-corrected chi connectivity index (χ3v) is 10.9. The fourth-order valence-corrected chi connectivity index (χ4v) is 9.17. The van der Waals surface area contributed by atoms with Gasteiger partial charge in [-0.3, -0.25) is 0 Å². The molecular weight excluding hydrogens is 524 g/mol. The lowest BCUT2D eigenvalue weighted by atomic mass is 10.5. The Bertz CT molecular complexity index is 290. The Morgan fingerprint density at radius 2 is 1.00 bits per heavy atom. The minimum absolute atomic E-state index is 0.661. The van der Waals surface area contributed by atoms with E-state index in [1.54, 1.807) is 0 Å². The molecule has 0 aliphatic rings. The number of rotatable bonds is 18. The summed E-state index contributed by atoms with van der Waals surface area (Å²) in [4.78, 5) is 0. The van der Waals surface area contributed by atoms with Crippen molar-refractivity contribution in [3.63, 3.8) is 0 Å². The Morgan fingerprint density at radius 3 is 1.32 bits per heavy atom. The highest BCUT2D eigenvalue weighted by Crippen LogP contribution is 2.19. The average Bonchev–Trinajstić information content (AvgIpc) is 2.69. The molecule has 0 heterocycles. The van der Waals surface area contributed by atoms with Gasteiger partial charge in [0.15, 0.2) is 0 Å². The van der Waals surface area contributed by atoms with Gasteiger partial charge in [-0.25, -0.2) is 0 Å². The minimum atomic E-state index is -2.35. The predicted molar refractivity (Wildman–Crippen MR) is 131 cm³/mol. The maximum absolute atomic E-state index is 5.88. The molecule has 0 atom stereocenters. The first kappa shape index (κ1) is 31.4. The maximum Gasteiger partial charge on any atom is 0.500 e. The Kier molecular flexibility index (Phi) is 24.0. The van der Waals surface area contributed by atoms with Crippen molar-refractivity contribution >= 4 is 49.2 Å².